The summed E-state index contributed by atoms with van der Waals surface area (Å²) in [6.45, 7) is 5.28. The van der Waals surface area contributed by atoms with Crippen LogP contribution in [0.3, 0.4) is 0 Å². The smallest absolute Gasteiger partial charge is 0.258 e. The second-order valence-corrected chi connectivity index (χ2v) is 8.14. The minimum Gasteiger partial charge on any atom is -0.369 e. The first-order valence-corrected chi connectivity index (χ1v) is 11.2. The van der Waals surface area contributed by atoms with E-state index in [0.29, 0.717) is 17.7 Å². The molecule has 1 amide bonds. The van der Waals surface area contributed by atoms with Gasteiger partial charge in [-0.3, -0.25) is 9.69 Å². The Labute approximate surface area is 194 Å². The molecule has 0 radical (unpaired) electrons. The van der Waals surface area contributed by atoms with Crippen LogP contribution in [0.5, 0.6) is 0 Å². The van der Waals surface area contributed by atoms with Crippen molar-refractivity contribution in [2.45, 2.75) is 6.42 Å². The lowest BCUT2D eigenvalue weighted by Gasteiger charge is -2.36. The van der Waals surface area contributed by atoms with Crippen molar-refractivity contribution >= 4 is 17.3 Å². The Morgan fingerprint density at radius 1 is 0.909 bits per heavy atom. The normalized spacial score (nSPS) is 14.0. The van der Waals surface area contributed by atoms with Crippen LogP contribution >= 0.6 is 0 Å². The SMILES string of the molecule is N#Cc1ccc(N2CCN(CCCN(C(=O)c3ccc(F)cc3)c3ccccc3)CC2)cc1. The number of benzene rings is 3. The molecule has 5 nitrogen and oxygen atoms in total. The van der Waals surface area contributed by atoms with Gasteiger partial charge in [-0.2, -0.15) is 5.26 Å². The number of hydrogen-bond acceptors (Lipinski definition) is 4. The first kappa shape index (κ1) is 22.5. The first-order chi connectivity index (χ1) is 16.1. The molecule has 1 fully saturated rings. The van der Waals surface area contributed by atoms with Crippen LogP contribution in [-0.4, -0.2) is 50.1 Å². The minimum absolute atomic E-state index is 0.119. The molecule has 3 aromatic carbocycles. The molecule has 0 atom stereocenters. The molecule has 0 aliphatic carbocycles. The monoisotopic (exact) mass is 442 g/mol. The molecule has 1 heterocycles. The maximum Gasteiger partial charge on any atom is 0.258 e. The molecule has 33 heavy (non-hydrogen) atoms. The van der Waals surface area contributed by atoms with Gasteiger partial charge in [0.05, 0.1) is 11.6 Å². The average molecular weight is 443 g/mol. The van der Waals surface area contributed by atoms with Crippen LogP contribution in [0, 0.1) is 17.1 Å². The zero-order valence-electron chi connectivity index (χ0n) is 18.5. The zero-order chi connectivity index (χ0) is 23.0. The van der Waals surface area contributed by atoms with E-state index in [4.69, 9.17) is 5.26 Å². The summed E-state index contributed by atoms with van der Waals surface area (Å²) in [4.78, 5) is 19.7. The second-order valence-electron chi connectivity index (χ2n) is 8.14. The van der Waals surface area contributed by atoms with E-state index in [0.717, 1.165) is 50.5 Å². The Hall–Kier alpha value is -3.69. The van der Waals surface area contributed by atoms with Gasteiger partial charge in [0.2, 0.25) is 0 Å². The summed E-state index contributed by atoms with van der Waals surface area (Å²) in [7, 11) is 0. The van der Waals surface area contributed by atoms with Gasteiger partial charge < -0.3 is 9.80 Å². The molecule has 0 unspecified atom stereocenters. The molecule has 0 aromatic heterocycles. The summed E-state index contributed by atoms with van der Waals surface area (Å²) in [5.41, 5.74) is 3.15. The standard InChI is InChI=1S/C27H27FN4O/c28-24-11-9-23(10-12-24)27(33)32(26-5-2-1-3-6-26)16-4-15-30-17-19-31(20-18-30)25-13-7-22(21-29)8-14-25/h1-3,5-14H,4,15-20H2. The molecule has 4 rings (SSSR count). The highest BCUT2D eigenvalue weighted by molar-refractivity contribution is 6.06. The van der Waals surface area contributed by atoms with E-state index < -0.39 is 0 Å². The van der Waals surface area contributed by atoms with Gasteiger partial charge in [-0.05, 0) is 73.6 Å². The van der Waals surface area contributed by atoms with Gasteiger partial charge in [0.25, 0.3) is 5.91 Å². The third kappa shape index (κ3) is 5.76. The highest BCUT2D eigenvalue weighted by Crippen LogP contribution is 2.19. The number of para-hydroxylation sites is 1. The van der Waals surface area contributed by atoms with Gasteiger partial charge in [0, 0.05) is 49.7 Å². The van der Waals surface area contributed by atoms with Crippen molar-refractivity contribution < 1.29 is 9.18 Å². The fraction of sp³-hybridized carbons (Fsp3) is 0.259. The molecule has 0 spiro atoms. The molecule has 0 N–H and O–H groups in total. The largest absolute Gasteiger partial charge is 0.369 e. The van der Waals surface area contributed by atoms with Crippen molar-refractivity contribution in [1.82, 2.24) is 4.90 Å². The van der Waals surface area contributed by atoms with Crippen molar-refractivity contribution in [3.63, 3.8) is 0 Å². The molecule has 0 bridgehead atoms. The van der Waals surface area contributed by atoms with Crippen LogP contribution in [0.2, 0.25) is 0 Å². The van der Waals surface area contributed by atoms with Crippen LogP contribution < -0.4 is 9.80 Å². The molecular weight excluding hydrogens is 415 g/mol. The molecular formula is C27H27FN4O. The van der Waals surface area contributed by atoms with Crippen LogP contribution in [0.15, 0.2) is 78.9 Å². The van der Waals surface area contributed by atoms with Crippen LogP contribution in [0.4, 0.5) is 15.8 Å². The second kappa shape index (κ2) is 10.8. The lowest BCUT2D eigenvalue weighted by Crippen LogP contribution is -2.47. The van der Waals surface area contributed by atoms with Crippen molar-refractivity contribution in [2.75, 3.05) is 49.1 Å². The highest BCUT2D eigenvalue weighted by Gasteiger charge is 2.20. The third-order valence-corrected chi connectivity index (χ3v) is 5.99. The van der Waals surface area contributed by atoms with Crippen LogP contribution in [0.25, 0.3) is 0 Å². The maximum atomic E-state index is 13.3. The number of amides is 1. The van der Waals surface area contributed by atoms with Gasteiger partial charge in [-0.25, -0.2) is 4.39 Å². The maximum absolute atomic E-state index is 13.3. The third-order valence-electron chi connectivity index (χ3n) is 5.99. The lowest BCUT2D eigenvalue weighted by atomic mass is 10.1. The Morgan fingerprint density at radius 3 is 2.21 bits per heavy atom. The van der Waals surface area contributed by atoms with Crippen molar-refractivity contribution in [1.29, 1.82) is 5.26 Å². The van der Waals surface area contributed by atoms with Gasteiger partial charge in [-0.15, -0.1) is 0 Å². The van der Waals surface area contributed by atoms with E-state index in [1.165, 1.54) is 24.3 Å². The molecule has 1 saturated heterocycles. The van der Waals surface area contributed by atoms with E-state index in [2.05, 4.69) is 15.9 Å². The predicted molar refractivity (Wildman–Crippen MR) is 129 cm³/mol. The summed E-state index contributed by atoms with van der Waals surface area (Å²) in [5.74, 6) is -0.468. The van der Waals surface area contributed by atoms with Crippen LogP contribution in [-0.2, 0) is 0 Å². The van der Waals surface area contributed by atoms with Crippen molar-refractivity contribution in [2.24, 2.45) is 0 Å². The molecule has 168 valence electrons. The van der Waals surface area contributed by atoms with Gasteiger partial charge >= 0.3 is 0 Å². The lowest BCUT2D eigenvalue weighted by molar-refractivity contribution is 0.0985. The van der Waals surface area contributed by atoms with E-state index in [1.807, 2.05) is 54.6 Å². The van der Waals surface area contributed by atoms with Gasteiger partial charge in [0.1, 0.15) is 5.82 Å². The fourth-order valence-electron chi connectivity index (χ4n) is 4.13. The van der Waals surface area contributed by atoms with E-state index in [-0.39, 0.29) is 11.7 Å². The minimum atomic E-state index is -0.349. The number of rotatable bonds is 7. The molecule has 3 aromatic rings. The number of nitriles is 1. The first-order valence-electron chi connectivity index (χ1n) is 11.2. The summed E-state index contributed by atoms with van der Waals surface area (Å²) >= 11 is 0. The Morgan fingerprint density at radius 2 is 1.58 bits per heavy atom. The Kier molecular flexibility index (Phi) is 7.33. The predicted octanol–water partition coefficient (Wildman–Crippen LogP) is 4.56. The van der Waals surface area contributed by atoms with Gasteiger partial charge in [0.15, 0.2) is 0 Å². The highest BCUT2D eigenvalue weighted by atomic mass is 19.1. The van der Waals surface area contributed by atoms with E-state index >= 15 is 0 Å². The van der Waals surface area contributed by atoms with E-state index in [1.54, 1.807) is 4.90 Å². The summed E-state index contributed by atoms with van der Waals surface area (Å²) < 4.78 is 13.3. The molecule has 1 aliphatic heterocycles. The number of carbonyl (C=O) groups is 1. The number of hydrogen-bond donors (Lipinski definition) is 0. The number of piperazine rings is 1. The Bertz CT molecular complexity index is 1090. The van der Waals surface area contributed by atoms with Crippen LogP contribution in [0.1, 0.15) is 22.3 Å². The van der Waals surface area contributed by atoms with E-state index in [9.17, 15) is 9.18 Å². The average Bonchev–Trinajstić information content (AvgIpc) is 2.88. The molecule has 1 aliphatic rings. The Balaban J connectivity index is 1.32. The quantitative estimate of drug-likeness (QED) is 0.538. The van der Waals surface area contributed by atoms with Crippen molar-refractivity contribution in [3.05, 3.63) is 95.8 Å². The number of halogens is 1. The van der Waals surface area contributed by atoms with Gasteiger partial charge in [-0.1, -0.05) is 18.2 Å². The zero-order valence-corrected chi connectivity index (χ0v) is 18.5. The number of anilines is 2. The molecule has 0 saturated carbocycles. The fourth-order valence-corrected chi connectivity index (χ4v) is 4.13. The number of nitrogens with zero attached hydrogens (tertiary/aromatic N) is 4. The summed E-state index contributed by atoms with van der Waals surface area (Å²) in [6, 6.07) is 25.2. The molecule has 6 heteroatoms. The van der Waals surface area contributed by atoms with Crippen molar-refractivity contribution in [3.8, 4) is 6.07 Å². The topological polar surface area (TPSA) is 50.6 Å². The number of carbonyl (C=O) groups excluding carboxylic acids is 1. The summed E-state index contributed by atoms with van der Waals surface area (Å²) in [6.07, 6.45) is 0.846. The summed E-state index contributed by atoms with van der Waals surface area (Å²) in [5, 5.41) is 8.97.